The number of anilines is 1. The molecular weight excluding hydrogens is 254 g/mol. The molecule has 2 N–H and O–H groups in total. The summed E-state index contributed by atoms with van der Waals surface area (Å²) in [4.78, 5) is 24.5. The molecular formula is C15H11N3O2. The van der Waals surface area contributed by atoms with E-state index in [9.17, 15) is 9.59 Å². The second-order valence-corrected chi connectivity index (χ2v) is 4.80. The van der Waals surface area contributed by atoms with Crippen molar-refractivity contribution in [2.24, 2.45) is 0 Å². The van der Waals surface area contributed by atoms with E-state index >= 15 is 0 Å². The summed E-state index contributed by atoms with van der Waals surface area (Å²) in [6, 6.07) is 14.6. The van der Waals surface area contributed by atoms with Gasteiger partial charge in [-0.05, 0) is 18.2 Å². The first kappa shape index (κ1) is 11.0. The summed E-state index contributed by atoms with van der Waals surface area (Å²) in [6.07, 6.45) is -0.369. The number of nitrogens with zero attached hydrogens (tertiary/aromatic N) is 1. The van der Waals surface area contributed by atoms with Crippen molar-refractivity contribution in [2.45, 2.75) is 6.17 Å². The third-order valence-corrected chi connectivity index (χ3v) is 3.65. The van der Waals surface area contributed by atoms with Crippen LogP contribution in [0.5, 0.6) is 0 Å². The highest BCUT2D eigenvalue weighted by atomic mass is 16.2. The van der Waals surface area contributed by atoms with E-state index in [-0.39, 0.29) is 18.0 Å². The van der Waals surface area contributed by atoms with Crippen LogP contribution in [0.25, 0.3) is 0 Å². The molecule has 2 aromatic rings. The Labute approximate surface area is 115 Å². The number of benzene rings is 2. The first-order valence-electron chi connectivity index (χ1n) is 6.35. The van der Waals surface area contributed by atoms with Gasteiger partial charge in [0.2, 0.25) is 0 Å². The van der Waals surface area contributed by atoms with Crippen LogP contribution in [-0.4, -0.2) is 16.8 Å². The van der Waals surface area contributed by atoms with Crippen LogP contribution in [0, 0.1) is 0 Å². The Kier molecular flexibility index (Phi) is 2.12. The summed E-state index contributed by atoms with van der Waals surface area (Å²) in [6.45, 7) is 0. The molecule has 2 aliphatic heterocycles. The van der Waals surface area contributed by atoms with Gasteiger partial charge in [0, 0.05) is 16.8 Å². The van der Waals surface area contributed by atoms with Crippen LogP contribution in [0.1, 0.15) is 32.4 Å². The zero-order valence-electron chi connectivity index (χ0n) is 10.5. The molecule has 5 heteroatoms. The molecule has 20 heavy (non-hydrogen) atoms. The number of fused-ring (bicyclic) bond motifs is 4. The smallest absolute Gasteiger partial charge is 0.276 e. The maximum Gasteiger partial charge on any atom is 0.276 e. The number of rotatable bonds is 0. The number of hydrogen-bond acceptors (Lipinski definition) is 3. The summed E-state index contributed by atoms with van der Waals surface area (Å²) in [5, 5.41) is 4.65. The van der Waals surface area contributed by atoms with Crippen molar-refractivity contribution in [2.75, 3.05) is 5.32 Å². The van der Waals surface area contributed by atoms with Crippen molar-refractivity contribution in [3.05, 3.63) is 65.2 Å². The molecule has 0 fully saturated rings. The Morgan fingerprint density at radius 1 is 0.900 bits per heavy atom. The van der Waals surface area contributed by atoms with Gasteiger partial charge in [-0.25, -0.2) is 5.01 Å². The van der Waals surface area contributed by atoms with Gasteiger partial charge in [-0.15, -0.1) is 0 Å². The fraction of sp³-hybridized carbons (Fsp3) is 0.0667. The van der Waals surface area contributed by atoms with Crippen LogP contribution in [0.15, 0.2) is 48.5 Å². The molecule has 1 unspecified atom stereocenters. The number of amides is 2. The standard InChI is InChI=1S/C15H11N3O2/c19-14-10-6-2-1-5-9(10)13-16-12-8-4-3-7-11(12)15(20)18(13)17-14/h1-8,13,16H,(H,17,19). The number of para-hydroxylation sites is 1. The van der Waals surface area contributed by atoms with E-state index in [4.69, 9.17) is 0 Å². The Hall–Kier alpha value is -2.82. The Balaban J connectivity index is 1.89. The predicted molar refractivity (Wildman–Crippen MR) is 72.9 cm³/mol. The highest BCUT2D eigenvalue weighted by Crippen LogP contribution is 2.35. The molecule has 4 rings (SSSR count). The average Bonchev–Trinajstić information content (AvgIpc) is 2.49. The van der Waals surface area contributed by atoms with E-state index in [2.05, 4.69) is 10.7 Å². The second kappa shape index (κ2) is 3.84. The van der Waals surface area contributed by atoms with Gasteiger partial charge in [-0.3, -0.25) is 15.0 Å². The van der Waals surface area contributed by atoms with Crippen molar-refractivity contribution in [3.63, 3.8) is 0 Å². The second-order valence-electron chi connectivity index (χ2n) is 4.80. The molecule has 0 spiro atoms. The quantitative estimate of drug-likeness (QED) is 0.765. The monoisotopic (exact) mass is 265 g/mol. The average molecular weight is 265 g/mol. The minimum absolute atomic E-state index is 0.202. The first-order chi connectivity index (χ1) is 9.75. The lowest BCUT2D eigenvalue weighted by Crippen LogP contribution is -2.56. The predicted octanol–water partition coefficient (Wildman–Crippen LogP) is 1.91. The summed E-state index contributed by atoms with van der Waals surface area (Å²) in [5.74, 6) is -0.460. The number of hydrogen-bond donors (Lipinski definition) is 2. The molecule has 98 valence electrons. The number of carbonyl (C=O) groups excluding carboxylic acids is 2. The Morgan fingerprint density at radius 2 is 1.60 bits per heavy atom. The molecule has 0 bridgehead atoms. The van der Waals surface area contributed by atoms with Gasteiger partial charge < -0.3 is 5.32 Å². The molecule has 2 aliphatic rings. The lowest BCUT2D eigenvalue weighted by atomic mass is 9.98. The topological polar surface area (TPSA) is 61.4 Å². The van der Waals surface area contributed by atoms with Crippen molar-refractivity contribution < 1.29 is 9.59 Å². The fourth-order valence-corrected chi connectivity index (χ4v) is 2.70. The van der Waals surface area contributed by atoms with E-state index in [1.165, 1.54) is 5.01 Å². The van der Waals surface area contributed by atoms with Crippen LogP contribution in [0.4, 0.5) is 5.69 Å². The van der Waals surface area contributed by atoms with Gasteiger partial charge in [0.05, 0.1) is 5.56 Å². The zero-order valence-corrected chi connectivity index (χ0v) is 10.5. The number of nitrogens with one attached hydrogen (secondary N) is 2. The summed E-state index contributed by atoms with van der Waals surface area (Å²) < 4.78 is 0. The minimum Gasteiger partial charge on any atom is -0.359 e. The first-order valence-corrected chi connectivity index (χ1v) is 6.35. The molecule has 2 amide bonds. The van der Waals surface area contributed by atoms with Crippen LogP contribution in [0.2, 0.25) is 0 Å². The molecule has 0 aromatic heterocycles. The SMILES string of the molecule is O=C1NN2C(=O)c3ccccc3NC2c2ccccc21. The number of carbonyl (C=O) groups is 2. The lowest BCUT2D eigenvalue weighted by molar-refractivity contribution is 0.0457. The summed E-state index contributed by atoms with van der Waals surface area (Å²) in [5.41, 5.74) is 5.38. The lowest BCUT2D eigenvalue weighted by Gasteiger charge is -2.41. The van der Waals surface area contributed by atoms with E-state index in [0.29, 0.717) is 11.1 Å². The zero-order chi connectivity index (χ0) is 13.7. The third kappa shape index (κ3) is 1.37. The molecule has 0 aliphatic carbocycles. The van der Waals surface area contributed by atoms with E-state index in [0.717, 1.165) is 11.3 Å². The summed E-state index contributed by atoms with van der Waals surface area (Å²) >= 11 is 0. The van der Waals surface area contributed by atoms with Crippen LogP contribution < -0.4 is 10.7 Å². The van der Waals surface area contributed by atoms with Crippen molar-refractivity contribution in [3.8, 4) is 0 Å². The molecule has 1 atom stereocenters. The maximum atomic E-state index is 12.5. The van der Waals surface area contributed by atoms with E-state index in [1.54, 1.807) is 18.2 Å². The Morgan fingerprint density at radius 3 is 2.45 bits per heavy atom. The number of hydrazine groups is 1. The van der Waals surface area contributed by atoms with E-state index in [1.807, 2.05) is 30.3 Å². The molecule has 2 aromatic carbocycles. The normalized spacial score (nSPS) is 19.4. The fourth-order valence-electron chi connectivity index (χ4n) is 2.70. The minimum atomic E-state index is -0.369. The van der Waals surface area contributed by atoms with E-state index < -0.39 is 0 Å². The van der Waals surface area contributed by atoms with Gasteiger partial charge in [0.1, 0.15) is 6.17 Å². The van der Waals surface area contributed by atoms with Gasteiger partial charge in [0.25, 0.3) is 11.8 Å². The molecule has 0 radical (unpaired) electrons. The largest absolute Gasteiger partial charge is 0.359 e. The van der Waals surface area contributed by atoms with Gasteiger partial charge in [-0.2, -0.15) is 0 Å². The van der Waals surface area contributed by atoms with Gasteiger partial charge in [0.15, 0.2) is 0 Å². The highest BCUT2D eigenvalue weighted by Gasteiger charge is 2.39. The maximum absolute atomic E-state index is 12.5. The van der Waals surface area contributed by atoms with Gasteiger partial charge >= 0.3 is 0 Å². The molecule has 0 saturated heterocycles. The molecule has 0 saturated carbocycles. The van der Waals surface area contributed by atoms with Crippen molar-refractivity contribution in [1.29, 1.82) is 0 Å². The van der Waals surface area contributed by atoms with Gasteiger partial charge in [-0.1, -0.05) is 30.3 Å². The highest BCUT2D eigenvalue weighted by molar-refractivity contribution is 6.06. The van der Waals surface area contributed by atoms with Crippen LogP contribution in [-0.2, 0) is 0 Å². The molecule has 5 nitrogen and oxygen atoms in total. The Bertz CT molecular complexity index is 741. The van der Waals surface area contributed by atoms with Crippen LogP contribution in [0.3, 0.4) is 0 Å². The molecule has 2 heterocycles. The van der Waals surface area contributed by atoms with Crippen molar-refractivity contribution in [1.82, 2.24) is 10.4 Å². The summed E-state index contributed by atoms with van der Waals surface area (Å²) in [7, 11) is 0. The van der Waals surface area contributed by atoms with Crippen molar-refractivity contribution >= 4 is 17.5 Å². The van der Waals surface area contributed by atoms with Crippen LogP contribution >= 0.6 is 0 Å². The third-order valence-electron chi connectivity index (χ3n) is 3.65.